The second-order valence-electron chi connectivity index (χ2n) is 7.53. The number of carbonyl (C=O) groups is 1. The molecule has 2 heterocycles. The average Bonchev–Trinajstić information content (AvgIpc) is 3.28. The fourth-order valence-corrected chi connectivity index (χ4v) is 4.57. The van der Waals surface area contributed by atoms with Crippen LogP contribution in [0.25, 0.3) is 16.6 Å². The molecule has 0 bridgehead atoms. The van der Waals surface area contributed by atoms with Gasteiger partial charge in [-0.3, -0.25) is 9.78 Å². The van der Waals surface area contributed by atoms with E-state index in [1.807, 2.05) is 0 Å². The number of aliphatic hydroxyl groups is 1. The molecule has 9 nitrogen and oxygen atoms in total. The molecule has 0 fully saturated rings. The summed E-state index contributed by atoms with van der Waals surface area (Å²) in [6.45, 7) is -0.101. The minimum absolute atomic E-state index is 0.00251. The number of nitrogens with one attached hydrogen (secondary N) is 1. The second-order valence-corrected chi connectivity index (χ2v) is 9.57. The van der Waals surface area contributed by atoms with Crippen LogP contribution in [0.5, 0.6) is 0 Å². The van der Waals surface area contributed by atoms with Crippen LogP contribution in [0.1, 0.15) is 15.9 Å². The fraction of sp³-hybridized carbons (Fsp3) is 0.174. The summed E-state index contributed by atoms with van der Waals surface area (Å²) in [5.41, 5.74) is 2.27. The molecule has 34 heavy (non-hydrogen) atoms. The Bertz CT molecular complexity index is 1420. The van der Waals surface area contributed by atoms with Gasteiger partial charge in [-0.15, -0.1) is 0 Å². The Morgan fingerprint density at radius 2 is 1.79 bits per heavy atom. The van der Waals surface area contributed by atoms with E-state index in [2.05, 4.69) is 15.4 Å². The van der Waals surface area contributed by atoms with Crippen molar-refractivity contribution >= 4 is 26.8 Å². The number of sulfonamides is 1. The van der Waals surface area contributed by atoms with Gasteiger partial charge in [-0.1, -0.05) is 12.1 Å². The minimum atomic E-state index is -3.69. The Kier molecular flexibility index (Phi) is 6.68. The third kappa shape index (κ3) is 4.67. The predicted octanol–water partition coefficient (Wildman–Crippen LogP) is 2.10. The van der Waals surface area contributed by atoms with Crippen molar-refractivity contribution in [3.8, 4) is 5.69 Å². The molecule has 2 N–H and O–H groups in total. The normalized spacial score (nSPS) is 11.8. The van der Waals surface area contributed by atoms with Crippen LogP contribution in [0.3, 0.4) is 0 Å². The van der Waals surface area contributed by atoms with Gasteiger partial charge >= 0.3 is 0 Å². The largest absolute Gasteiger partial charge is 0.395 e. The number of benzene rings is 2. The molecule has 4 rings (SSSR count). The molecule has 2 aromatic carbocycles. The first kappa shape index (κ1) is 23.5. The number of fused-ring (bicyclic) bond motifs is 1. The molecule has 0 aliphatic heterocycles. The quantitative estimate of drug-likeness (QED) is 0.396. The van der Waals surface area contributed by atoms with Gasteiger partial charge in [-0.2, -0.15) is 9.40 Å². The van der Waals surface area contributed by atoms with E-state index >= 15 is 0 Å². The topological polar surface area (TPSA) is 117 Å². The molecular formula is C23H22FN5O4S. The number of hydrogen-bond acceptors (Lipinski definition) is 6. The summed E-state index contributed by atoms with van der Waals surface area (Å²) in [5.74, 6) is -0.725. The van der Waals surface area contributed by atoms with Crippen molar-refractivity contribution < 1.29 is 22.7 Å². The molecule has 2 aromatic heterocycles. The number of rotatable bonds is 8. The van der Waals surface area contributed by atoms with Crippen molar-refractivity contribution in [3.63, 3.8) is 0 Å². The van der Waals surface area contributed by atoms with Crippen LogP contribution in [0.4, 0.5) is 4.39 Å². The third-order valence-electron chi connectivity index (χ3n) is 5.31. The molecule has 0 saturated heterocycles. The van der Waals surface area contributed by atoms with Crippen molar-refractivity contribution in [2.75, 3.05) is 20.2 Å². The van der Waals surface area contributed by atoms with E-state index in [4.69, 9.17) is 5.11 Å². The lowest BCUT2D eigenvalue weighted by atomic mass is 10.1. The van der Waals surface area contributed by atoms with Crippen LogP contribution in [-0.4, -0.2) is 58.7 Å². The van der Waals surface area contributed by atoms with Gasteiger partial charge in [0.25, 0.3) is 5.91 Å². The van der Waals surface area contributed by atoms with Crippen LogP contribution in [-0.2, 0) is 16.6 Å². The number of amides is 1. The van der Waals surface area contributed by atoms with Crippen LogP contribution >= 0.6 is 0 Å². The van der Waals surface area contributed by atoms with Crippen molar-refractivity contribution in [2.24, 2.45) is 0 Å². The van der Waals surface area contributed by atoms with E-state index in [0.29, 0.717) is 27.7 Å². The van der Waals surface area contributed by atoms with E-state index in [1.54, 1.807) is 41.3 Å². The fourth-order valence-electron chi connectivity index (χ4n) is 3.41. The second kappa shape index (κ2) is 9.67. The summed E-state index contributed by atoms with van der Waals surface area (Å²) in [5, 5.41) is 16.7. The number of hydrogen-bond donors (Lipinski definition) is 2. The Hall–Kier alpha value is -3.67. The predicted molar refractivity (Wildman–Crippen MR) is 123 cm³/mol. The minimum Gasteiger partial charge on any atom is -0.395 e. The maximum Gasteiger partial charge on any atom is 0.253 e. The number of likely N-dealkylation sites (N-methyl/N-ethyl adjacent to an activating group) is 1. The first-order valence-corrected chi connectivity index (χ1v) is 11.8. The SMILES string of the molecule is CN(CCO)S(=O)(=O)c1ccc(CNC(=O)c2cncc3c2cnn3-c2ccc(F)cc2)cc1. The third-order valence-corrected chi connectivity index (χ3v) is 7.18. The first-order chi connectivity index (χ1) is 16.3. The Morgan fingerprint density at radius 3 is 2.47 bits per heavy atom. The van der Waals surface area contributed by atoms with Gasteiger partial charge in [0, 0.05) is 31.7 Å². The molecule has 0 saturated carbocycles. The van der Waals surface area contributed by atoms with Gasteiger partial charge < -0.3 is 10.4 Å². The molecule has 176 valence electrons. The van der Waals surface area contributed by atoms with Gasteiger partial charge in [0.1, 0.15) is 5.82 Å². The maximum absolute atomic E-state index is 13.2. The van der Waals surface area contributed by atoms with Crippen molar-refractivity contribution in [1.82, 2.24) is 24.4 Å². The van der Waals surface area contributed by atoms with E-state index < -0.39 is 10.0 Å². The average molecular weight is 484 g/mol. The molecule has 11 heteroatoms. The summed E-state index contributed by atoms with van der Waals surface area (Å²) in [7, 11) is -2.30. The highest BCUT2D eigenvalue weighted by molar-refractivity contribution is 7.89. The van der Waals surface area contributed by atoms with E-state index in [0.717, 1.165) is 4.31 Å². The number of aromatic nitrogens is 3. The summed E-state index contributed by atoms with van der Waals surface area (Å²) in [6.07, 6.45) is 4.58. The molecule has 4 aromatic rings. The molecular weight excluding hydrogens is 461 g/mol. The molecule has 0 spiro atoms. The van der Waals surface area contributed by atoms with Crippen molar-refractivity contribution in [3.05, 3.63) is 84.1 Å². The lowest BCUT2D eigenvalue weighted by Gasteiger charge is -2.16. The molecule has 0 radical (unpaired) electrons. The van der Waals surface area contributed by atoms with E-state index in [9.17, 15) is 17.6 Å². The number of aliphatic hydroxyl groups excluding tert-OH is 1. The zero-order valence-electron chi connectivity index (χ0n) is 18.2. The van der Waals surface area contributed by atoms with Gasteiger partial charge in [-0.05, 0) is 42.0 Å². The molecule has 0 atom stereocenters. The standard InChI is InChI=1S/C23H22FN5O4S/c1-28(10-11-30)34(32,33)19-8-2-16(3-9-19)12-26-23(31)21-13-25-15-22-20(21)14-27-29(22)18-6-4-17(24)5-7-18/h2-9,13-15,30H,10-12H2,1H3,(H,26,31). The molecule has 1 amide bonds. The Balaban J connectivity index is 1.49. The van der Waals surface area contributed by atoms with E-state index in [-0.39, 0.29) is 36.3 Å². The van der Waals surface area contributed by atoms with Crippen LogP contribution < -0.4 is 5.32 Å². The maximum atomic E-state index is 13.2. The van der Waals surface area contributed by atoms with Gasteiger partial charge in [0.2, 0.25) is 10.0 Å². The van der Waals surface area contributed by atoms with Crippen molar-refractivity contribution in [2.45, 2.75) is 11.4 Å². The van der Waals surface area contributed by atoms with Crippen LogP contribution in [0.2, 0.25) is 0 Å². The monoisotopic (exact) mass is 483 g/mol. The zero-order valence-corrected chi connectivity index (χ0v) is 19.0. The van der Waals surface area contributed by atoms with Crippen LogP contribution in [0, 0.1) is 5.82 Å². The van der Waals surface area contributed by atoms with Gasteiger partial charge in [0.05, 0.1) is 40.7 Å². The van der Waals surface area contributed by atoms with Gasteiger partial charge in [-0.25, -0.2) is 17.5 Å². The number of halogens is 1. The Morgan fingerprint density at radius 1 is 1.09 bits per heavy atom. The number of carbonyl (C=O) groups excluding carboxylic acids is 1. The van der Waals surface area contributed by atoms with Crippen LogP contribution in [0.15, 0.2) is 72.0 Å². The molecule has 0 aliphatic rings. The van der Waals surface area contributed by atoms with Gasteiger partial charge in [0.15, 0.2) is 0 Å². The zero-order chi connectivity index (χ0) is 24.3. The summed E-state index contributed by atoms with van der Waals surface area (Å²) in [4.78, 5) is 17.1. The lowest BCUT2D eigenvalue weighted by Crippen LogP contribution is -2.29. The smallest absolute Gasteiger partial charge is 0.253 e. The lowest BCUT2D eigenvalue weighted by molar-refractivity contribution is 0.0952. The molecule has 0 aliphatic carbocycles. The summed E-state index contributed by atoms with van der Waals surface area (Å²) < 4.78 is 40.8. The summed E-state index contributed by atoms with van der Waals surface area (Å²) >= 11 is 0. The van der Waals surface area contributed by atoms with Crippen molar-refractivity contribution in [1.29, 1.82) is 0 Å². The number of pyridine rings is 1. The number of nitrogens with zero attached hydrogens (tertiary/aromatic N) is 4. The molecule has 0 unspecified atom stereocenters. The highest BCUT2D eigenvalue weighted by atomic mass is 32.2. The highest BCUT2D eigenvalue weighted by Crippen LogP contribution is 2.21. The summed E-state index contributed by atoms with van der Waals surface area (Å²) in [6, 6.07) is 12.0. The highest BCUT2D eigenvalue weighted by Gasteiger charge is 2.20. The Labute approximate surface area is 195 Å². The first-order valence-electron chi connectivity index (χ1n) is 10.3. The van der Waals surface area contributed by atoms with E-state index in [1.165, 1.54) is 37.5 Å².